The van der Waals surface area contributed by atoms with Crippen molar-refractivity contribution in [2.24, 2.45) is 16.5 Å². The number of rotatable bonds is 28. The van der Waals surface area contributed by atoms with Crippen LogP contribution in [0.15, 0.2) is 125 Å². The minimum Gasteiger partial charge on any atom is -0.480 e. The highest BCUT2D eigenvalue weighted by molar-refractivity contribution is 7.90. The van der Waals surface area contributed by atoms with Gasteiger partial charge in [-0.1, -0.05) is 109 Å². The third-order valence-electron chi connectivity index (χ3n) is 10.5. The first-order valence-corrected chi connectivity index (χ1v) is 24.2. The second kappa shape index (κ2) is 29.2. The Hall–Kier alpha value is -7.85. The van der Waals surface area contributed by atoms with Gasteiger partial charge >= 0.3 is 18.0 Å². The molecule has 0 radical (unpaired) electrons. The number of ether oxygens (including phenoxy) is 2. The number of benzene rings is 4. The summed E-state index contributed by atoms with van der Waals surface area (Å²) in [4.78, 5) is 95.2. The number of esters is 1. The fourth-order valence-corrected chi connectivity index (χ4v) is 7.56. The predicted molar refractivity (Wildman–Crippen MR) is 261 cm³/mol. The molecule has 0 saturated heterocycles. The molecule has 21 nitrogen and oxygen atoms in total. The van der Waals surface area contributed by atoms with Crippen LogP contribution in [0, 0.1) is 6.92 Å². The third-order valence-corrected chi connectivity index (χ3v) is 11.9. The minimum absolute atomic E-state index is 0.0406. The van der Waals surface area contributed by atoms with Crippen LogP contribution >= 0.6 is 0 Å². The number of carbonyl (C=O) groups is 7. The zero-order valence-electron chi connectivity index (χ0n) is 39.2. The molecule has 22 heteroatoms. The largest absolute Gasteiger partial charge is 0.480 e. The summed E-state index contributed by atoms with van der Waals surface area (Å²) in [6.07, 6.45) is -0.440. The van der Waals surface area contributed by atoms with Crippen LogP contribution < -0.4 is 42.8 Å². The van der Waals surface area contributed by atoms with Crippen molar-refractivity contribution in [1.82, 2.24) is 31.3 Å². The Labute approximate surface area is 412 Å². The minimum atomic E-state index is -4.05. The average molecular weight is 1000 g/mol. The van der Waals surface area contributed by atoms with E-state index in [1.807, 2.05) is 30.3 Å². The monoisotopic (exact) mass is 999 g/mol. The van der Waals surface area contributed by atoms with Crippen molar-refractivity contribution in [3.63, 3.8) is 0 Å². The lowest BCUT2D eigenvalue weighted by molar-refractivity contribution is -0.148. The zero-order chi connectivity index (χ0) is 51.6. The molecule has 4 aromatic carbocycles. The van der Waals surface area contributed by atoms with Crippen molar-refractivity contribution in [3.8, 4) is 0 Å². The lowest BCUT2D eigenvalue weighted by Crippen LogP contribution is -2.55. The Bertz CT molecular complexity index is 2520. The van der Waals surface area contributed by atoms with E-state index in [1.165, 1.54) is 12.1 Å². The number of guanidine groups is 1. The SMILES string of the molecule is Cc1ccc(S(=O)(=O)NC(N)=NCCC[C@H](NC(=O)[C@@H](N)CCCCNC(=O)OCc2ccccc2)C(=O)NCC(=O)N[C@@H](CC(=O)OCc2ccccc2)C(=O)N[C@H](Cc2ccccc2)C(=O)O)cc1. The van der Waals surface area contributed by atoms with Gasteiger partial charge in [-0.25, -0.2) is 22.7 Å². The number of carbonyl (C=O) groups excluding carboxylic acids is 6. The number of nitrogens with two attached hydrogens (primary N) is 2. The predicted octanol–water partition coefficient (Wildman–Crippen LogP) is 1.82. The van der Waals surface area contributed by atoms with Crippen molar-refractivity contribution >= 4 is 57.6 Å². The molecule has 5 amide bonds. The standard InChI is InChI=1S/C49H61N9O12S/c1-33-22-24-37(25-23-33)71(67,68)58-48(51)52-27-13-21-39(56-44(61)38(50)20-11-12-26-53-49(66)70-32-36-18-9-4-10-19-36)45(62)54-30-42(59)55-40(29-43(60)69-31-35-16-7-3-8-17-35)46(63)57-41(47(64)65)28-34-14-5-2-6-15-34/h2-10,14-19,22-25,38-41H,11-13,20-21,26-32,50H2,1H3,(H,53,66)(H,54,62)(H,55,59)(H,56,61)(H,57,63)(H,64,65)(H3,51,52,58)/t38-,39-,40-,41+/m0/s1. The Kier molecular flexibility index (Phi) is 23.0. The van der Waals surface area contributed by atoms with E-state index in [0.29, 0.717) is 24.0 Å². The number of alkyl carbamates (subject to hydrolysis) is 1. The summed E-state index contributed by atoms with van der Waals surface area (Å²) in [7, 11) is -4.05. The molecular formula is C49H61N9O12S. The fourth-order valence-electron chi connectivity index (χ4n) is 6.60. The van der Waals surface area contributed by atoms with Gasteiger partial charge in [0.15, 0.2) is 0 Å². The van der Waals surface area contributed by atoms with Gasteiger partial charge in [0.1, 0.15) is 31.3 Å². The van der Waals surface area contributed by atoms with Gasteiger partial charge in [0, 0.05) is 19.5 Å². The summed E-state index contributed by atoms with van der Waals surface area (Å²) >= 11 is 0. The van der Waals surface area contributed by atoms with Gasteiger partial charge in [0.05, 0.1) is 23.9 Å². The maximum Gasteiger partial charge on any atom is 0.407 e. The first-order valence-electron chi connectivity index (χ1n) is 22.7. The number of aryl methyl sites for hydroxylation is 1. The van der Waals surface area contributed by atoms with Crippen LogP contribution in [0.4, 0.5) is 4.79 Å². The number of amides is 5. The molecule has 0 heterocycles. The molecule has 0 aliphatic carbocycles. The number of carboxylic acid groups (broad SMARTS) is 1. The second-order valence-corrected chi connectivity index (χ2v) is 17.9. The van der Waals surface area contributed by atoms with Crippen LogP contribution in [-0.4, -0.2) is 105 Å². The summed E-state index contributed by atoms with van der Waals surface area (Å²) in [5.74, 6) is -6.22. The van der Waals surface area contributed by atoms with Gasteiger partial charge < -0.3 is 52.6 Å². The molecule has 0 aromatic heterocycles. The van der Waals surface area contributed by atoms with E-state index >= 15 is 0 Å². The Morgan fingerprint density at radius 2 is 1.23 bits per heavy atom. The molecule has 11 N–H and O–H groups in total. The van der Waals surface area contributed by atoms with Gasteiger partial charge in [-0.05, 0) is 67.9 Å². The molecule has 4 atom stereocenters. The second-order valence-electron chi connectivity index (χ2n) is 16.3. The highest BCUT2D eigenvalue weighted by atomic mass is 32.2. The first kappa shape index (κ1) is 55.7. The van der Waals surface area contributed by atoms with E-state index < -0.39 is 94.8 Å². The van der Waals surface area contributed by atoms with Crippen molar-refractivity contribution in [2.45, 2.75) is 94.1 Å². The topological polar surface area (TPSA) is 329 Å². The molecule has 4 aromatic rings. The number of hydrogen-bond donors (Lipinski definition) is 9. The van der Waals surface area contributed by atoms with E-state index in [9.17, 15) is 47.1 Å². The van der Waals surface area contributed by atoms with Gasteiger partial charge in [0.2, 0.25) is 29.6 Å². The van der Waals surface area contributed by atoms with E-state index in [-0.39, 0.29) is 56.9 Å². The van der Waals surface area contributed by atoms with Gasteiger partial charge in [-0.3, -0.25) is 29.0 Å². The average Bonchev–Trinajstić information content (AvgIpc) is 3.35. The Morgan fingerprint density at radius 1 is 0.648 bits per heavy atom. The van der Waals surface area contributed by atoms with E-state index in [1.54, 1.807) is 79.7 Å². The quantitative estimate of drug-likeness (QED) is 0.0170. The lowest BCUT2D eigenvalue weighted by atomic mass is 10.1. The van der Waals surface area contributed by atoms with E-state index in [4.69, 9.17) is 20.9 Å². The number of aliphatic imine (C=N–C) groups is 1. The number of hydrogen-bond acceptors (Lipinski definition) is 13. The molecule has 0 aliphatic rings. The molecule has 0 unspecified atom stereocenters. The van der Waals surface area contributed by atoms with Crippen molar-refractivity contribution in [3.05, 3.63) is 138 Å². The normalized spacial score (nSPS) is 13.0. The summed E-state index contributed by atoms with van der Waals surface area (Å²) in [5, 5.41) is 22.3. The first-order chi connectivity index (χ1) is 34.0. The summed E-state index contributed by atoms with van der Waals surface area (Å²) in [6.45, 7) is 1.12. The van der Waals surface area contributed by atoms with Crippen molar-refractivity contribution in [1.29, 1.82) is 0 Å². The number of nitrogens with zero attached hydrogens (tertiary/aromatic N) is 1. The summed E-state index contributed by atoms with van der Waals surface area (Å²) in [6, 6.07) is 26.8. The van der Waals surface area contributed by atoms with Gasteiger partial charge in [-0.2, -0.15) is 0 Å². The van der Waals surface area contributed by atoms with Gasteiger partial charge in [-0.15, -0.1) is 0 Å². The van der Waals surface area contributed by atoms with Crippen LogP contribution in [0.2, 0.25) is 0 Å². The molecular weight excluding hydrogens is 939 g/mol. The van der Waals surface area contributed by atoms with Crippen LogP contribution in [0.1, 0.15) is 60.8 Å². The van der Waals surface area contributed by atoms with Crippen LogP contribution in [0.25, 0.3) is 0 Å². The molecule has 0 saturated carbocycles. The van der Waals surface area contributed by atoms with Crippen LogP contribution in [0.5, 0.6) is 0 Å². The van der Waals surface area contributed by atoms with Crippen LogP contribution in [-0.2, 0) is 67.9 Å². The third kappa shape index (κ3) is 21.1. The highest BCUT2D eigenvalue weighted by Crippen LogP contribution is 2.11. The lowest BCUT2D eigenvalue weighted by Gasteiger charge is -2.22. The van der Waals surface area contributed by atoms with E-state index in [2.05, 4.69) is 36.3 Å². The van der Waals surface area contributed by atoms with Crippen molar-refractivity contribution < 1.29 is 56.6 Å². The molecule has 4 rings (SSSR count). The number of carboxylic acids is 1. The zero-order valence-corrected chi connectivity index (χ0v) is 40.0. The van der Waals surface area contributed by atoms with Gasteiger partial charge in [0.25, 0.3) is 10.0 Å². The fraction of sp³-hybridized carbons (Fsp3) is 0.347. The molecule has 0 spiro atoms. The van der Waals surface area contributed by atoms with Crippen LogP contribution in [0.3, 0.4) is 0 Å². The smallest absolute Gasteiger partial charge is 0.407 e. The maximum atomic E-state index is 13.7. The molecule has 0 fully saturated rings. The molecule has 380 valence electrons. The molecule has 71 heavy (non-hydrogen) atoms. The molecule has 0 aliphatic heterocycles. The Balaban J connectivity index is 1.38. The maximum absolute atomic E-state index is 13.7. The summed E-state index contributed by atoms with van der Waals surface area (Å²) < 4.78 is 38.3. The van der Waals surface area contributed by atoms with Crippen molar-refractivity contribution in [2.75, 3.05) is 19.6 Å². The van der Waals surface area contributed by atoms with E-state index in [0.717, 1.165) is 11.1 Å². The number of nitrogens with one attached hydrogen (secondary N) is 6. The summed E-state index contributed by atoms with van der Waals surface area (Å²) in [5.41, 5.74) is 15.0. The number of unbranched alkanes of at least 4 members (excludes halogenated alkanes) is 1. The Morgan fingerprint density at radius 3 is 1.83 bits per heavy atom. The molecule has 0 bridgehead atoms. The number of aliphatic carboxylic acids is 1. The number of sulfonamides is 1. The highest BCUT2D eigenvalue weighted by Gasteiger charge is 2.30.